The minimum Gasteiger partial charge on any atom is -0.352 e. The highest BCUT2D eigenvalue weighted by Gasteiger charge is 2.65. The van der Waals surface area contributed by atoms with Gasteiger partial charge in [0.05, 0.1) is 11.0 Å². The van der Waals surface area contributed by atoms with Crippen molar-refractivity contribution in [1.29, 1.82) is 0 Å². The zero-order chi connectivity index (χ0) is 12.6. The Morgan fingerprint density at radius 1 is 1.16 bits per heavy atom. The normalized spacial score (nSPS) is 38.7. The first-order valence-corrected chi connectivity index (χ1v) is 7.51. The van der Waals surface area contributed by atoms with Crippen molar-refractivity contribution in [1.82, 2.24) is 9.55 Å². The van der Waals surface area contributed by atoms with Crippen LogP contribution in [-0.2, 0) is 7.05 Å². The fourth-order valence-electron chi connectivity index (χ4n) is 4.94. The zero-order valence-corrected chi connectivity index (χ0v) is 11.2. The van der Waals surface area contributed by atoms with Gasteiger partial charge in [-0.1, -0.05) is 12.1 Å². The van der Waals surface area contributed by atoms with Crippen molar-refractivity contribution in [3.8, 4) is 0 Å². The molecule has 19 heavy (non-hydrogen) atoms. The van der Waals surface area contributed by atoms with E-state index < -0.39 is 0 Å². The lowest BCUT2D eigenvalue weighted by atomic mass is 10.0. The summed E-state index contributed by atoms with van der Waals surface area (Å²) >= 11 is 0. The molecule has 3 fully saturated rings. The van der Waals surface area contributed by atoms with Crippen LogP contribution < -0.4 is 5.32 Å². The molecule has 1 aromatic heterocycles. The lowest BCUT2D eigenvalue weighted by Crippen LogP contribution is -2.15. The molecule has 0 radical (unpaired) electrons. The van der Waals surface area contributed by atoms with Crippen molar-refractivity contribution in [3.63, 3.8) is 0 Å². The van der Waals surface area contributed by atoms with Crippen molar-refractivity contribution in [2.45, 2.75) is 25.3 Å². The van der Waals surface area contributed by atoms with Gasteiger partial charge in [0.1, 0.15) is 0 Å². The van der Waals surface area contributed by atoms with Gasteiger partial charge < -0.3 is 9.88 Å². The van der Waals surface area contributed by atoms with Crippen LogP contribution in [0, 0.1) is 23.7 Å². The predicted molar refractivity (Wildman–Crippen MR) is 75.9 cm³/mol. The number of aryl methyl sites for hydroxylation is 1. The molecule has 3 aliphatic rings. The molecule has 2 bridgehead atoms. The first-order chi connectivity index (χ1) is 9.33. The second-order valence-corrected chi connectivity index (χ2v) is 6.64. The molecular formula is C16H19N3. The standard InChI is InChI=1S/C16H19N3/c1-19-12-5-3-2-4-11(12)17-16(19)18-15-13-9-6-7-10(8-9)14(13)15/h2-5,9-10,13-15H,6-8H2,1H3,(H,17,18). The molecule has 2 aromatic rings. The molecule has 0 saturated heterocycles. The van der Waals surface area contributed by atoms with Crippen molar-refractivity contribution in [3.05, 3.63) is 24.3 Å². The van der Waals surface area contributed by atoms with Crippen LogP contribution in [0.3, 0.4) is 0 Å². The van der Waals surface area contributed by atoms with Gasteiger partial charge in [0, 0.05) is 13.1 Å². The van der Waals surface area contributed by atoms with E-state index >= 15 is 0 Å². The maximum atomic E-state index is 4.74. The van der Waals surface area contributed by atoms with Gasteiger partial charge in [-0.05, 0) is 55.1 Å². The second-order valence-electron chi connectivity index (χ2n) is 6.64. The zero-order valence-electron chi connectivity index (χ0n) is 11.2. The Morgan fingerprint density at radius 2 is 1.89 bits per heavy atom. The van der Waals surface area contributed by atoms with Gasteiger partial charge in [-0.3, -0.25) is 0 Å². The van der Waals surface area contributed by atoms with Crippen LogP contribution in [0.25, 0.3) is 11.0 Å². The first kappa shape index (κ1) is 10.3. The highest BCUT2D eigenvalue weighted by Crippen LogP contribution is 2.66. The fraction of sp³-hybridized carbons (Fsp3) is 0.562. The van der Waals surface area contributed by atoms with Gasteiger partial charge in [0.15, 0.2) is 0 Å². The lowest BCUT2D eigenvalue weighted by Gasteiger charge is -2.11. The minimum atomic E-state index is 0.710. The number of aromatic nitrogens is 2. The van der Waals surface area contributed by atoms with Gasteiger partial charge in [-0.25, -0.2) is 4.98 Å². The summed E-state index contributed by atoms with van der Waals surface area (Å²) in [7, 11) is 2.12. The largest absolute Gasteiger partial charge is 0.352 e. The quantitative estimate of drug-likeness (QED) is 0.891. The summed E-state index contributed by atoms with van der Waals surface area (Å²) in [5, 5.41) is 3.73. The highest BCUT2D eigenvalue weighted by atomic mass is 15.2. The van der Waals surface area contributed by atoms with E-state index in [9.17, 15) is 0 Å². The lowest BCUT2D eigenvalue weighted by molar-refractivity contribution is 0.456. The van der Waals surface area contributed by atoms with E-state index in [2.05, 4.69) is 41.2 Å². The molecular weight excluding hydrogens is 234 g/mol. The van der Waals surface area contributed by atoms with Gasteiger partial charge >= 0.3 is 0 Å². The summed E-state index contributed by atoms with van der Waals surface area (Å²) in [4.78, 5) is 4.74. The number of hydrogen-bond donors (Lipinski definition) is 1. The minimum absolute atomic E-state index is 0.710. The Hall–Kier alpha value is -1.51. The Bertz CT molecular complexity index is 643. The number of nitrogens with one attached hydrogen (secondary N) is 1. The fourth-order valence-corrected chi connectivity index (χ4v) is 4.94. The van der Waals surface area contributed by atoms with E-state index in [1.165, 1.54) is 24.8 Å². The number of rotatable bonds is 2. The van der Waals surface area contributed by atoms with Crippen LogP contribution in [0.15, 0.2) is 24.3 Å². The summed E-state index contributed by atoms with van der Waals surface area (Å²) in [5.41, 5.74) is 2.32. The van der Waals surface area contributed by atoms with Gasteiger partial charge in [-0.15, -0.1) is 0 Å². The Kier molecular flexibility index (Phi) is 1.80. The summed E-state index contributed by atoms with van der Waals surface area (Å²) in [5.74, 6) is 5.00. The Morgan fingerprint density at radius 3 is 2.63 bits per heavy atom. The number of para-hydroxylation sites is 2. The number of fused-ring (bicyclic) bond motifs is 6. The van der Waals surface area contributed by atoms with Crippen LogP contribution >= 0.6 is 0 Å². The number of benzene rings is 1. The monoisotopic (exact) mass is 253 g/mol. The molecule has 3 saturated carbocycles. The molecule has 3 heteroatoms. The molecule has 4 unspecified atom stereocenters. The SMILES string of the molecule is Cn1c(NC2C3C4CCC(C4)C23)nc2ccccc21. The van der Waals surface area contributed by atoms with E-state index in [1.807, 2.05) is 0 Å². The number of imidazole rings is 1. The van der Waals surface area contributed by atoms with Crippen molar-refractivity contribution in [2.75, 3.05) is 5.32 Å². The van der Waals surface area contributed by atoms with E-state index in [-0.39, 0.29) is 0 Å². The molecule has 1 aromatic carbocycles. The van der Waals surface area contributed by atoms with Gasteiger partial charge in [0.2, 0.25) is 5.95 Å². The van der Waals surface area contributed by atoms with E-state index in [0.717, 1.165) is 35.1 Å². The van der Waals surface area contributed by atoms with E-state index in [0.29, 0.717) is 6.04 Å². The molecule has 3 nitrogen and oxygen atoms in total. The van der Waals surface area contributed by atoms with E-state index in [1.54, 1.807) is 0 Å². The maximum absolute atomic E-state index is 4.74. The maximum Gasteiger partial charge on any atom is 0.203 e. The van der Waals surface area contributed by atoms with Crippen molar-refractivity contribution >= 4 is 17.0 Å². The molecule has 98 valence electrons. The predicted octanol–water partition coefficient (Wildman–Crippen LogP) is 3.03. The molecule has 1 heterocycles. The number of anilines is 1. The van der Waals surface area contributed by atoms with Gasteiger partial charge in [-0.2, -0.15) is 0 Å². The van der Waals surface area contributed by atoms with Crippen LogP contribution in [0.4, 0.5) is 5.95 Å². The summed E-state index contributed by atoms with van der Waals surface area (Å²) in [6.07, 6.45) is 4.47. The topological polar surface area (TPSA) is 29.9 Å². The van der Waals surface area contributed by atoms with E-state index in [4.69, 9.17) is 4.98 Å². The molecule has 3 aliphatic carbocycles. The average Bonchev–Trinajstić information content (AvgIpc) is 2.79. The smallest absolute Gasteiger partial charge is 0.203 e. The molecule has 0 aliphatic heterocycles. The Labute approximate surface area is 113 Å². The van der Waals surface area contributed by atoms with Crippen LogP contribution in [0.1, 0.15) is 19.3 Å². The summed E-state index contributed by atoms with van der Waals surface area (Å²) < 4.78 is 2.20. The summed E-state index contributed by atoms with van der Waals surface area (Å²) in [6, 6.07) is 9.09. The van der Waals surface area contributed by atoms with Gasteiger partial charge in [0.25, 0.3) is 0 Å². The number of hydrogen-bond acceptors (Lipinski definition) is 2. The third-order valence-electron chi connectivity index (χ3n) is 5.82. The summed E-state index contributed by atoms with van der Waals surface area (Å²) in [6.45, 7) is 0. The first-order valence-electron chi connectivity index (χ1n) is 7.51. The van der Waals surface area contributed by atoms with Crippen LogP contribution in [-0.4, -0.2) is 15.6 Å². The third kappa shape index (κ3) is 1.26. The van der Waals surface area contributed by atoms with Crippen LogP contribution in [0.5, 0.6) is 0 Å². The molecule has 5 rings (SSSR count). The van der Waals surface area contributed by atoms with Crippen LogP contribution in [0.2, 0.25) is 0 Å². The second kappa shape index (κ2) is 3.33. The van der Waals surface area contributed by atoms with Crippen molar-refractivity contribution < 1.29 is 0 Å². The molecule has 4 atom stereocenters. The average molecular weight is 253 g/mol. The number of nitrogens with zero attached hydrogens (tertiary/aromatic N) is 2. The third-order valence-corrected chi connectivity index (χ3v) is 5.82. The molecule has 0 amide bonds. The molecule has 0 spiro atoms. The highest BCUT2D eigenvalue weighted by molar-refractivity contribution is 5.78. The van der Waals surface area contributed by atoms with Crippen molar-refractivity contribution in [2.24, 2.45) is 30.7 Å². The molecule has 1 N–H and O–H groups in total. The Balaban J connectivity index is 1.46.